The van der Waals surface area contributed by atoms with Gasteiger partial charge in [-0.1, -0.05) is 25.1 Å². The Morgan fingerprint density at radius 3 is 2.56 bits per heavy atom. The Balaban J connectivity index is 1.28. The molecule has 1 unspecified atom stereocenters. The van der Waals surface area contributed by atoms with Gasteiger partial charge in [-0.2, -0.15) is 10.2 Å². The van der Waals surface area contributed by atoms with Crippen LogP contribution in [0.2, 0.25) is 0 Å². The molecule has 1 amide bonds. The maximum absolute atomic E-state index is 12.9. The first-order valence-corrected chi connectivity index (χ1v) is 12.6. The Morgan fingerprint density at radius 2 is 1.82 bits per heavy atom. The third-order valence-electron chi connectivity index (χ3n) is 7.57. The van der Waals surface area contributed by atoms with Crippen molar-refractivity contribution in [3.05, 3.63) is 41.7 Å². The smallest absolute Gasteiger partial charge is 0.223 e. The molecule has 0 bridgehead atoms. The molecule has 1 N–H and O–H groups in total. The summed E-state index contributed by atoms with van der Waals surface area (Å²) in [5, 5.41) is 18.3. The molecular formula is C26H35N7O. The van der Waals surface area contributed by atoms with Crippen LogP contribution in [0, 0.1) is 19.8 Å². The molecule has 2 saturated heterocycles. The zero-order valence-corrected chi connectivity index (χ0v) is 20.5. The van der Waals surface area contributed by atoms with Crippen LogP contribution in [-0.2, 0) is 4.79 Å². The zero-order valence-electron chi connectivity index (χ0n) is 20.5. The van der Waals surface area contributed by atoms with E-state index in [0.717, 1.165) is 79.4 Å². The van der Waals surface area contributed by atoms with Crippen molar-refractivity contribution in [2.24, 2.45) is 5.92 Å². The summed E-state index contributed by atoms with van der Waals surface area (Å²) in [7, 11) is 0. The van der Waals surface area contributed by atoms with Crippen LogP contribution in [0.3, 0.4) is 0 Å². The number of rotatable bonds is 6. The summed E-state index contributed by atoms with van der Waals surface area (Å²) in [4.78, 5) is 17.6. The second kappa shape index (κ2) is 9.70. The van der Waals surface area contributed by atoms with Crippen LogP contribution >= 0.6 is 0 Å². The molecule has 4 heterocycles. The summed E-state index contributed by atoms with van der Waals surface area (Å²) in [5.74, 6) is 1.08. The van der Waals surface area contributed by atoms with E-state index >= 15 is 0 Å². The number of hydrogen-bond donors (Lipinski definition) is 1. The first-order chi connectivity index (χ1) is 16.6. The number of aryl methyl sites for hydroxylation is 2. The van der Waals surface area contributed by atoms with Crippen molar-refractivity contribution in [2.45, 2.75) is 52.5 Å². The van der Waals surface area contributed by atoms with E-state index in [1.165, 1.54) is 12.8 Å². The number of benzene rings is 1. The molecule has 5 rings (SSSR count). The fraction of sp³-hybridized carbons (Fsp3) is 0.538. The Labute approximate surface area is 201 Å². The fourth-order valence-corrected chi connectivity index (χ4v) is 5.60. The molecule has 2 aliphatic heterocycles. The lowest BCUT2D eigenvalue weighted by Gasteiger charge is -2.32. The lowest BCUT2D eigenvalue weighted by Crippen LogP contribution is -2.45. The van der Waals surface area contributed by atoms with Crippen LogP contribution in [-0.4, -0.2) is 69.6 Å². The van der Waals surface area contributed by atoms with Crippen molar-refractivity contribution in [3.63, 3.8) is 0 Å². The summed E-state index contributed by atoms with van der Waals surface area (Å²) in [6, 6.07) is 10.7. The number of likely N-dealkylation sites (tertiary alicyclic amines) is 1. The molecule has 1 atom stereocenters. The van der Waals surface area contributed by atoms with Crippen molar-refractivity contribution in [2.75, 3.05) is 37.6 Å². The number of para-hydroxylation sites is 1. The number of anilines is 1. The molecule has 1 aromatic carbocycles. The topological polar surface area (TPSA) is 79.2 Å². The SMILES string of the molecule is CCN1CCCC1CNC(=O)C1CCN(c2nnc(C)c3c(C)n(-c4ccccc4)nc23)CC1. The third kappa shape index (κ3) is 4.27. The van der Waals surface area contributed by atoms with Gasteiger partial charge in [0.25, 0.3) is 0 Å². The molecule has 34 heavy (non-hydrogen) atoms. The predicted octanol–water partition coefficient (Wildman–Crippen LogP) is 3.25. The van der Waals surface area contributed by atoms with Gasteiger partial charge in [0.15, 0.2) is 5.82 Å². The quantitative estimate of drug-likeness (QED) is 0.607. The molecule has 3 aromatic rings. The van der Waals surface area contributed by atoms with Gasteiger partial charge in [-0.15, -0.1) is 5.10 Å². The summed E-state index contributed by atoms with van der Waals surface area (Å²) in [6.07, 6.45) is 4.06. The molecule has 8 nitrogen and oxygen atoms in total. The third-order valence-corrected chi connectivity index (χ3v) is 7.57. The maximum atomic E-state index is 12.9. The number of carbonyl (C=O) groups is 1. The number of hydrogen-bond acceptors (Lipinski definition) is 6. The van der Waals surface area contributed by atoms with Crippen LogP contribution in [0.1, 0.15) is 44.0 Å². The highest BCUT2D eigenvalue weighted by Gasteiger charge is 2.29. The average Bonchev–Trinajstić information content (AvgIpc) is 3.48. The van der Waals surface area contributed by atoms with Gasteiger partial charge in [-0.05, 0) is 64.8 Å². The van der Waals surface area contributed by atoms with E-state index in [9.17, 15) is 4.79 Å². The minimum atomic E-state index is 0.0604. The van der Waals surface area contributed by atoms with Gasteiger partial charge in [0.1, 0.15) is 5.52 Å². The van der Waals surface area contributed by atoms with Gasteiger partial charge in [-0.3, -0.25) is 9.69 Å². The molecule has 0 spiro atoms. The second-order valence-electron chi connectivity index (χ2n) is 9.60. The number of aromatic nitrogens is 4. The van der Waals surface area contributed by atoms with Crippen LogP contribution in [0.5, 0.6) is 0 Å². The van der Waals surface area contributed by atoms with Crippen molar-refractivity contribution in [3.8, 4) is 5.69 Å². The van der Waals surface area contributed by atoms with E-state index in [-0.39, 0.29) is 11.8 Å². The number of piperidine rings is 1. The monoisotopic (exact) mass is 461 g/mol. The van der Waals surface area contributed by atoms with Crippen LogP contribution < -0.4 is 10.2 Å². The fourth-order valence-electron chi connectivity index (χ4n) is 5.60. The van der Waals surface area contributed by atoms with Gasteiger partial charge in [0.05, 0.1) is 22.5 Å². The molecule has 180 valence electrons. The summed E-state index contributed by atoms with van der Waals surface area (Å²) < 4.78 is 1.98. The Kier molecular flexibility index (Phi) is 6.50. The number of amides is 1. The summed E-state index contributed by atoms with van der Waals surface area (Å²) >= 11 is 0. The van der Waals surface area contributed by atoms with Gasteiger partial charge in [0.2, 0.25) is 5.91 Å². The van der Waals surface area contributed by atoms with E-state index < -0.39 is 0 Å². The van der Waals surface area contributed by atoms with E-state index in [1.54, 1.807) is 0 Å². The minimum absolute atomic E-state index is 0.0604. The molecule has 0 radical (unpaired) electrons. The lowest BCUT2D eigenvalue weighted by molar-refractivity contribution is -0.125. The normalized spacial score (nSPS) is 19.7. The second-order valence-corrected chi connectivity index (χ2v) is 9.60. The van der Waals surface area contributed by atoms with Crippen molar-refractivity contribution < 1.29 is 4.79 Å². The summed E-state index contributed by atoms with van der Waals surface area (Å²) in [6.45, 7) is 10.8. The molecule has 0 aliphatic carbocycles. The Morgan fingerprint density at radius 1 is 1.06 bits per heavy atom. The van der Waals surface area contributed by atoms with Gasteiger partial charge in [0, 0.05) is 31.6 Å². The number of nitrogens with zero attached hydrogens (tertiary/aromatic N) is 6. The highest BCUT2D eigenvalue weighted by molar-refractivity contribution is 5.92. The van der Waals surface area contributed by atoms with Crippen LogP contribution in [0.25, 0.3) is 16.6 Å². The van der Waals surface area contributed by atoms with Crippen molar-refractivity contribution >= 4 is 22.6 Å². The molecular weight excluding hydrogens is 426 g/mol. The Bertz CT molecular complexity index is 1150. The molecule has 0 saturated carbocycles. The van der Waals surface area contributed by atoms with E-state index in [1.807, 2.05) is 29.8 Å². The number of fused-ring (bicyclic) bond motifs is 1. The summed E-state index contributed by atoms with van der Waals surface area (Å²) in [5.41, 5.74) is 3.87. The molecule has 2 fully saturated rings. The zero-order chi connectivity index (χ0) is 23.7. The van der Waals surface area contributed by atoms with Crippen LogP contribution in [0.15, 0.2) is 30.3 Å². The highest BCUT2D eigenvalue weighted by Crippen LogP contribution is 2.31. The minimum Gasteiger partial charge on any atom is -0.354 e. The lowest BCUT2D eigenvalue weighted by atomic mass is 9.95. The standard InChI is InChI=1S/C26H35N7O/c1-4-31-14-8-11-22(31)17-27-26(34)20-12-15-32(16-13-20)25-24-23(18(2)28-29-25)19(3)33(30-24)21-9-6-5-7-10-21/h5-7,9-10,20,22H,4,8,11-17H2,1-3H3,(H,27,34). The van der Waals surface area contributed by atoms with Crippen LogP contribution in [0.4, 0.5) is 5.82 Å². The molecule has 2 aromatic heterocycles. The Hall–Kier alpha value is -3.00. The first kappa shape index (κ1) is 22.8. The van der Waals surface area contributed by atoms with Gasteiger partial charge in [-0.25, -0.2) is 4.68 Å². The molecule has 8 heteroatoms. The number of nitrogens with one attached hydrogen (secondary N) is 1. The first-order valence-electron chi connectivity index (χ1n) is 12.6. The maximum Gasteiger partial charge on any atom is 0.223 e. The number of likely N-dealkylation sites (N-methyl/N-ethyl adjacent to an activating group) is 1. The number of carbonyl (C=O) groups excluding carboxylic acids is 1. The van der Waals surface area contributed by atoms with Gasteiger partial charge >= 0.3 is 0 Å². The van der Waals surface area contributed by atoms with E-state index in [0.29, 0.717) is 6.04 Å². The van der Waals surface area contributed by atoms with E-state index in [2.05, 4.69) is 51.3 Å². The van der Waals surface area contributed by atoms with E-state index in [4.69, 9.17) is 5.10 Å². The highest BCUT2D eigenvalue weighted by atomic mass is 16.1. The van der Waals surface area contributed by atoms with Crippen molar-refractivity contribution in [1.29, 1.82) is 0 Å². The van der Waals surface area contributed by atoms with Crippen molar-refractivity contribution in [1.82, 2.24) is 30.2 Å². The van der Waals surface area contributed by atoms with Gasteiger partial charge < -0.3 is 10.2 Å². The largest absolute Gasteiger partial charge is 0.354 e. The molecule has 2 aliphatic rings. The predicted molar refractivity (Wildman–Crippen MR) is 134 cm³/mol. The average molecular weight is 462 g/mol.